The van der Waals surface area contributed by atoms with Crippen LogP contribution in [-0.4, -0.2) is 38.4 Å². The second kappa shape index (κ2) is 7.59. The molecule has 5 rings (SSSR count). The van der Waals surface area contributed by atoms with Crippen LogP contribution in [0.15, 0.2) is 48.5 Å². The molecule has 1 aliphatic rings. The van der Waals surface area contributed by atoms with Crippen LogP contribution in [0, 0.1) is 0 Å². The normalized spacial score (nSPS) is 17.3. The number of aromatic nitrogens is 3. The van der Waals surface area contributed by atoms with Crippen LogP contribution in [0.25, 0.3) is 21.3 Å². The predicted molar refractivity (Wildman–Crippen MR) is 117 cm³/mol. The Labute approximate surface area is 174 Å². The lowest BCUT2D eigenvalue weighted by Crippen LogP contribution is -2.41. The Morgan fingerprint density at radius 1 is 1.10 bits per heavy atom. The fourth-order valence-corrected chi connectivity index (χ4v) is 5.37. The van der Waals surface area contributed by atoms with Gasteiger partial charge in [0.1, 0.15) is 12.4 Å². The molecule has 1 saturated heterocycles. The van der Waals surface area contributed by atoms with E-state index in [1.165, 1.54) is 4.70 Å². The number of imidazole rings is 1. The topological polar surface area (TPSA) is 51.0 Å². The number of carbonyl (C=O) groups is 1. The van der Waals surface area contributed by atoms with Gasteiger partial charge in [0.2, 0.25) is 5.91 Å². The Kier molecular flexibility index (Phi) is 4.79. The maximum Gasteiger partial charge on any atom is 0.242 e. The van der Waals surface area contributed by atoms with Crippen LogP contribution in [0.5, 0.6) is 0 Å². The van der Waals surface area contributed by atoms with E-state index in [-0.39, 0.29) is 5.91 Å². The second-order valence-electron chi connectivity index (χ2n) is 7.66. The van der Waals surface area contributed by atoms with E-state index in [9.17, 15) is 4.79 Å². The molecule has 0 aliphatic carbocycles. The first-order valence-electron chi connectivity index (χ1n) is 10.3. The van der Waals surface area contributed by atoms with Crippen LogP contribution in [0.4, 0.5) is 0 Å². The molecule has 2 aromatic carbocycles. The van der Waals surface area contributed by atoms with Crippen molar-refractivity contribution < 1.29 is 4.79 Å². The molecule has 1 fully saturated rings. The van der Waals surface area contributed by atoms with E-state index in [4.69, 9.17) is 9.97 Å². The molecule has 4 aromatic rings. The summed E-state index contributed by atoms with van der Waals surface area (Å²) in [6, 6.07) is 16.3. The van der Waals surface area contributed by atoms with Crippen LogP contribution in [0.1, 0.15) is 36.5 Å². The maximum atomic E-state index is 13.2. The second-order valence-corrected chi connectivity index (χ2v) is 8.72. The Bertz CT molecular complexity index is 1150. The van der Waals surface area contributed by atoms with Crippen molar-refractivity contribution in [1.29, 1.82) is 0 Å². The lowest BCUT2D eigenvalue weighted by atomic mass is 9.98. The lowest BCUT2D eigenvalue weighted by Gasteiger charge is -2.32. The first kappa shape index (κ1) is 18.3. The minimum atomic E-state index is 0.175. The van der Waals surface area contributed by atoms with Gasteiger partial charge in [0.15, 0.2) is 0 Å². The molecule has 2 aromatic heterocycles. The summed E-state index contributed by atoms with van der Waals surface area (Å²) in [4.78, 5) is 24.7. The summed E-state index contributed by atoms with van der Waals surface area (Å²) in [5.41, 5.74) is 3.06. The number of amides is 1. The van der Waals surface area contributed by atoms with Crippen molar-refractivity contribution in [3.8, 4) is 0 Å². The first-order chi connectivity index (χ1) is 14.2. The number of likely N-dealkylation sites (tertiary alicyclic amines) is 1. The monoisotopic (exact) mass is 404 g/mol. The molecule has 6 heteroatoms. The minimum absolute atomic E-state index is 0.175. The SMILES string of the molecule is CCc1nc2ccccc2n1CC(=O)N1CCCC(c2nc3ccccc3s2)C1. The van der Waals surface area contributed by atoms with Crippen LogP contribution >= 0.6 is 11.3 Å². The average Bonchev–Trinajstić information content (AvgIpc) is 3.35. The van der Waals surface area contributed by atoms with E-state index in [1.54, 1.807) is 11.3 Å². The van der Waals surface area contributed by atoms with Crippen molar-refractivity contribution in [1.82, 2.24) is 19.4 Å². The van der Waals surface area contributed by atoms with Crippen molar-refractivity contribution in [2.45, 2.75) is 38.6 Å². The number of hydrogen-bond acceptors (Lipinski definition) is 4. The van der Waals surface area contributed by atoms with E-state index < -0.39 is 0 Å². The number of aryl methyl sites for hydroxylation is 1. The molecule has 1 aliphatic heterocycles. The van der Waals surface area contributed by atoms with E-state index in [0.29, 0.717) is 12.5 Å². The van der Waals surface area contributed by atoms with Crippen LogP contribution in [0.2, 0.25) is 0 Å². The van der Waals surface area contributed by atoms with Gasteiger partial charge < -0.3 is 9.47 Å². The molecule has 1 unspecified atom stereocenters. The highest BCUT2D eigenvalue weighted by molar-refractivity contribution is 7.18. The van der Waals surface area contributed by atoms with Crippen molar-refractivity contribution in [2.75, 3.05) is 13.1 Å². The van der Waals surface area contributed by atoms with Crippen molar-refractivity contribution in [3.05, 3.63) is 59.4 Å². The van der Waals surface area contributed by atoms with E-state index in [2.05, 4.69) is 35.8 Å². The molecule has 1 amide bonds. The smallest absolute Gasteiger partial charge is 0.242 e. The molecule has 5 nitrogen and oxygen atoms in total. The third kappa shape index (κ3) is 3.42. The van der Waals surface area contributed by atoms with Gasteiger partial charge in [-0.2, -0.15) is 0 Å². The highest BCUT2D eigenvalue weighted by atomic mass is 32.1. The summed E-state index contributed by atoms with van der Waals surface area (Å²) in [5, 5.41) is 1.16. The first-order valence-corrected chi connectivity index (χ1v) is 11.1. The Morgan fingerprint density at radius 3 is 2.72 bits per heavy atom. The number of hydrogen-bond donors (Lipinski definition) is 0. The van der Waals surface area contributed by atoms with Crippen LogP contribution < -0.4 is 0 Å². The summed E-state index contributed by atoms with van der Waals surface area (Å²) in [5.74, 6) is 1.48. The van der Waals surface area contributed by atoms with Gasteiger partial charge in [0.25, 0.3) is 0 Å². The third-order valence-electron chi connectivity index (χ3n) is 5.78. The zero-order valence-corrected chi connectivity index (χ0v) is 17.4. The predicted octanol–water partition coefficient (Wildman–Crippen LogP) is 4.61. The van der Waals surface area contributed by atoms with Gasteiger partial charge in [-0.25, -0.2) is 9.97 Å². The summed E-state index contributed by atoms with van der Waals surface area (Å²) >= 11 is 1.77. The number of carbonyl (C=O) groups excluding carboxylic acids is 1. The quantitative estimate of drug-likeness (QED) is 0.499. The highest BCUT2D eigenvalue weighted by Gasteiger charge is 2.27. The Hall–Kier alpha value is -2.73. The zero-order valence-electron chi connectivity index (χ0n) is 16.5. The lowest BCUT2D eigenvalue weighted by molar-refractivity contribution is -0.133. The van der Waals surface area contributed by atoms with Crippen LogP contribution in [-0.2, 0) is 17.8 Å². The Balaban J connectivity index is 1.36. The number of rotatable bonds is 4. The van der Waals surface area contributed by atoms with Gasteiger partial charge in [-0.3, -0.25) is 4.79 Å². The van der Waals surface area contributed by atoms with Gasteiger partial charge in [0.05, 0.1) is 26.3 Å². The molecule has 29 heavy (non-hydrogen) atoms. The Morgan fingerprint density at radius 2 is 1.90 bits per heavy atom. The molecule has 0 bridgehead atoms. The van der Waals surface area contributed by atoms with Crippen molar-refractivity contribution >= 4 is 38.5 Å². The van der Waals surface area contributed by atoms with Gasteiger partial charge in [-0.1, -0.05) is 31.2 Å². The largest absolute Gasteiger partial charge is 0.340 e. The zero-order chi connectivity index (χ0) is 19.8. The maximum absolute atomic E-state index is 13.2. The molecule has 0 N–H and O–H groups in total. The van der Waals surface area contributed by atoms with E-state index >= 15 is 0 Å². The summed E-state index contributed by atoms with van der Waals surface area (Å²) < 4.78 is 3.31. The van der Waals surface area contributed by atoms with Crippen LogP contribution in [0.3, 0.4) is 0 Å². The number of nitrogens with zero attached hydrogens (tertiary/aromatic N) is 4. The molecular weight excluding hydrogens is 380 g/mol. The fraction of sp³-hybridized carbons (Fsp3) is 0.348. The molecule has 0 radical (unpaired) electrons. The molecule has 3 heterocycles. The number of para-hydroxylation sites is 3. The summed E-state index contributed by atoms with van der Waals surface area (Å²) in [6.45, 7) is 4.03. The third-order valence-corrected chi connectivity index (χ3v) is 6.98. The number of benzene rings is 2. The summed E-state index contributed by atoms with van der Waals surface area (Å²) in [6.07, 6.45) is 2.94. The molecular formula is C23H24N4OS. The fourth-order valence-electron chi connectivity index (χ4n) is 4.28. The average molecular weight is 405 g/mol. The van der Waals surface area contributed by atoms with Gasteiger partial charge in [0, 0.05) is 25.4 Å². The van der Waals surface area contributed by atoms with Gasteiger partial charge in [-0.05, 0) is 37.1 Å². The highest BCUT2D eigenvalue weighted by Crippen LogP contribution is 2.33. The minimum Gasteiger partial charge on any atom is -0.340 e. The molecule has 148 valence electrons. The van der Waals surface area contributed by atoms with E-state index in [0.717, 1.165) is 59.7 Å². The van der Waals surface area contributed by atoms with Gasteiger partial charge in [-0.15, -0.1) is 11.3 Å². The number of fused-ring (bicyclic) bond motifs is 2. The molecule has 0 spiro atoms. The van der Waals surface area contributed by atoms with E-state index in [1.807, 2.05) is 29.2 Å². The van der Waals surface area contributed by atoms with Crippen molar-refractivity contribution in [2.24, 2.45) is 0 Å². The van der Waals surface area contributed by atoms with Gasteiger partial charge >= 0.3 is 0 Å². The standard InChI is InChI=1S/C23H24N4OS/c1-2-21-24-17-9-3-5-11-19(17)27(21)15-22(28)26-13-7-8-16(14-26)23-25-18-10-4-6-12-20(18)29-23/h3-6,9-12,16H,2,7-8,13-15H2,1H3. The summed E-state index contributed by atoms with van der Waals surface area (Å²) in [7, 11) is 0. The number of thiazole rings is 1. The number of piperidine rings is 1. The molecule has 0 saturated carbocycles. The molecule has 1 atom stereocenters. The van der Waals surface area contributed by atoms with Crippen molar-refractivity contribution in [3.63, 3.8) is 0 Å².